The minimum atomic E-state index is -0.709. The van der Waals surface area contributed by atoms with Crippen LogP contribution in [0.2, 0.25) is 0 Å². The average molecular weight is 279 g/mol. The molecule has 0 aromatic heterocycles. The maximum Gasteiger partial charge on any atom is 0.320 e. The van der Waals surface area contributed by atoms with Gasteiger partial charge in [0.25, 0.3) is 0 Å². The molecule has 0 amide bonds. The summed E-state index contributed by atoms with van der Waals surface area (Å²) in [5.74, 6) is 1.26. The van der Waals surface area contributed by atoms with E-state index < -0.39 is 5.97 Å². The Kier molecular flexibility index (Phi) is 3.61. The van der Waals surface area contributed by atoms with Crippen molar-refractivity contribution in [1.29, 1.82) is 0 Å². The van der Waals surface area contributed by atoms with Crippen molar-refractivity contribution in [3.8, 4) is 0 Å². The Hall–Kier alpha value is -0.900. The third-order valence-electron chi connectivity index (χ3n) is 5.81. The van der Waals surface area contributed by atoms with Gasteiger partial charge in [0.2, 0.25) is 0 Å². The Morgan fingerprint density at radius 1 is 1.30 bits per heavy atom. The monoisotopic (exact) mass is 279 g/mol. The Morgan fingerprint density at radius 3 is 2.65 bits per heavy atom. The van der Waals surface area contributed by atoms with Crippen molar-refractivity contribution in [2.24, 2.45) is 23.7 Å². The van der Waals surface area contributed by atoms with Crippen molar-refractivity contribution >= 4 is 11.8 Å². The van der Waals surface area contributed by atoms with Gasteiger partial charge in [-0.15, -0.1) is 0 Å². The van der Waals surface area contributed by atoms with Crippen LogP contribution in [0.25, 0.3) is 0 Å². The largest absolute Gasteiger partial charge is 0.480 e. The molecule has 0 aromatic rings. The summed E-state index contributed by atoms with van der Waals surface area (Å²) in [5.41, 5.74) is 0. The van der Waals surface area contributed by atoms with Crippen LogP contribution in [0.4, 0.5) is 0 Å². The molecule has 2 unspecified atom stereocenters. The summed E-state index contributed by atoms with van der Waals surface area (Å²) in [6.45, 7) is 5.31. The van der Waals surface area contributed by atoms with Gasteiger partial charge in [-0.05, 0) is 50.0 Å². The molecule has 0 aromatic carbocycles. The van der Waals surface area contributed by atoms with Crippen LogP contribution in [0.1, 0.15) is 46.0 Å². The van der Waals surface area contributed by atoms with Gasteiger partial charge in [0, 0.05) is 18.4 Å². The Bertz CT molecular complexity index is 420. The molecule has 0 radical (unpaired) electrons. The zero-order chi connectivity index (χ0) is 14.4. The van der Waals surface area contributed by atoms with Crippen LogP contribution < -0.4 is 0 Å². The van der Waals surface area contributed by atoms with Crippen LogP contribution in [0.5, 0.6) is 0 Å². The maximum atomic E-state index is 12.3. The molecule has 3 aliphatic carbocycles. The van der Waals surface area contributed by atoms with E-state index in [1.54, 1.807) is 0 Å². The first-order valence-corrected chi connectivity index (χ1v) is 8.02. The van der Waals surface area contributed by atoms with Gasteiger partial charge in [0.1, 0.15) is 11.8 Å². The van der Waals surface area contributed by atoms with E-state index in [0.29, 0.717) is 23.5 Å². The highest BCUT2D eigenvalue weighted by molar-refractivity contribution is 5.84. The fourth-order valence-electron chi connectivity index (χ4n) is 5.11. The van der Waals surface area contributed by atoms with Crippen molar-refractivity contribution in [3.05, 3.63) is 0 Å². The number of aliphatic carboxylic acids is 1. The summed E-state index contributed by atoms with van der Waals surface area (Å²) in [7, 11) is 0. The van der Waals surface area contributed by atoms with Gasteiger partial charge in [-0.2, -0.15) is 0 Å². The number of fused-ring (bicyclic) bond motifs is 3. The quantitative estimate of drug-likeness (QED) is 0.860. The number of Topliss-reactive ketones (excluding diaryl/α,β-unsaturated/α-hetero) is 1. The molecular weight excluding hydrogens is 254 g/mol. The SMILES string of the molecule is CC(C)C1C(N2CCC[C@H]2C(=O)O)[C@H]2CC[C@H]1CC2=O. The third kappa shape index (κ3) is 2.09. The van der Waals surface area contributed by atoms with Gasteiger partial charge in [-0.25, -0.2) is 0 Å². The topological polar surface area (TPSA) is 57.6 Å². The molecule has 2 bridgehead atoms. The van der Waals surface area contributed by atoms with Gasteiger partial charge in [-0.3, -0.25) is 14.5 Å². The van der Waals surface area contributed by atoms with E-state index in [9.17, 15) is 14.7 Å². The first-order valence-electron chi connectivity index (χ1n) is 8.02. The van der Waals surface area contributed by atoms with E-state index in [1.165, 1.54) is 0 Å². The number of likely N-dealkylation sites (tertiary alicyclic amines) is 1. The maximum absolute atomic E-state index is 12.3. The second-order valence-electron chi connectivity index (χ2n) is 7.16. The number of hydrogen-bond acceptors (Lipinski definition) is 3. The van der Waals surface area contributed by atoms with E-state index in [1.807, 2.05) is 0 Å². The zero-order valence-corrected chi connectivity index (χ0v) is 12.4. The lowest BCUT2D eigenvalue weighted by molar-refractivity contribution is -0.152. The highest BCUT2D eigenvalue weighted by atomic mass is 16.4. The van der Waals surface area contributed by atoms with Crippen LogP contribution in [-0.2, 0) is 9.59 Å². The van der Waals surface area contributed by atoms with Crippen LogP contribution in [-0.4, -0.2) is 40.4 Å². The predicted molar refractivity (Wildman–Crippen MR) is 75.3 cm³/mol. The summed E-state index contributed by atoms with van der Waals surface area (Å²) in [6.07, 6.45) is 4.54. The van der Waals surface area contributed by atoms with Gasteiger partial charge in [-0.1, -0.05) is 13.8 Å². The van der Waals surface area contributed by atoms with Gasteiger partial charge < -0.3 is 5.11 Å². The molecule has 1 heterocycles. The smallest absolute Gasteiger partial charge is 0.320 e. The average Bonchev–Trinajstić information content (AvgIpc) is 2.86. The van der Waals surface area contributed by atoms with Crippen LogP contribution in [0.3, 0.4) is 0 Å². The van der Waals surface area contributed by atoms with Crippen molar-refractivity contribution < 1.29 is 14.7 Å². The van der Waals surface area contributed by atoms with Crippen molar-refractivity contribution in [2.45, 2.75) is 58.0 Å². The molecule has 1 saturated heterocycles. The number of nitrogens with zero attached hydrogens (tertiary/aromatic N) is 1. The number of ketones is 1. The number of hydrogen-bond donors (Lipinski definition) is 1. The number of carbonyl (C=O) groups excluding carboxylic acids is 1. The minimum absolute atomic E-state index is 0.0901. The molecule has 20 heavy (non-hydrogen) atoms. The standard InChI is InChI=1S/C16H25NO3/c1-9(2)14-10-5-6-11(13(18)8-10)15(14)17-7-3-4-12(17)16(19)20/h9-12,14-15H,3-8H2,1-2H3,(H,19,20)/t10-,11-,12-,14?,15?/m0/s1. The molecule has 4 nitrogen and oxygen atoms in total. The van der Waals surface area contributed by atoms with E-state index in [4.69, 9.17) is 0 Å². The van der Waals surface area contributed by atoms with Crippen molar-refractivity contribution in [1.82, 2.24) is 4.90 Å². The number of carboxylic acids is 1. The minimum Gasteiger partial charge on any atom is -0.480 e. The lowest BCUT2D eigenvalue weighted by Crippen LogP contribution is -2.60. The van der Waals surface area contributed by atoms with Gasteiger partial charge in [0.05, 0.1) is 0 Å². The second kappa shape index (κ2) is 5.14. The van der Waals surface area contributed by atoms with E-state index in [2.05, 4.69) is 18.7 Å². The molecule has 1 aliphatic heterocycles. The fraction of sp³-hybridized carbons (Fsp3) is 0.875. The Labute approximate surface area is 120 Å². The number of rotatable bonds is 3. The number of carbonyl (C=O) groups is 2. The molecule has 5 atom stereocenters. The summed E-state index contributed by atoms with van der Waals surface area (Å²) in [6, 6.07) is -0.188. The van der Waals surface area contributed by atoms with Crippen molar-refractivity contribution in [2.75, 3.05) is 6.54 Å². The molecule has 4 heteroatoms. The van der Waals surface area contributed by atoms with Gasteiger partial charge in [0.15, 0.2) is 0 Å². The van der Waals surface area contributed by atoms with Gasteiger partial charge >= 0.3 is 5.97 Å². The fourth-order valence-corrected chi connectivity index (χ4v) is 5.11. The predicted octanol–water partition coefficient (Wildman–Crippen LogP) is 2.18. The zero-order valence-electron chi connectivity index (χ0n) is 12.4. The Morgan fingerprint density at radius 2 is 2.05 bits per heavy atom. The second-order valence-corrected chi connectivity index (χ2v) is 7.16. The normalized spacial score (nSPS) is 41.5. The summed E-state index contributed by atoms with van der Waals surface area (Å²) in [5, 5.41) is 9.45. The molecular formula is C16H25NO3. The molecule has 4 rings (SSSR count). The Balaban J connectivity index is 1.92. The van der Waals surface area contributed by atoms with Crippen molar-refractivity contribution in [3.63, 3.8) is 0 Å². The molecule has 4 aliphatic rings. The van der Waals surface area contributed by atoms with Crippen LogP contribution in [0, 0.1) is 23.7 Å². The summed E-state index contributed by atoms with van der Waals surface area (Å²) in [4.78, 5) is 26.0. The summed E-state index contributed by atoms with van der Waals surface area (Å²) < 4.78 is 0. The molecule has 0 spiro atoms. The molecule has 4 fully saturated rings. The lowest BCUT2D eigenvalue weighted by atomic mass is 9.57. The molecule has 1 N–H and O–H groups in total. The van der Waals surface area contributed by atoms with E-state index in [-0.39, 0.29) is 18.0 Å². The molecule has 3 saturated carbocycles. The number of carboxylic acid groups (broad SMARTS) is 1. The van der Waals surface area contributed by atoms with Crippen LogP contribution in [0.15, 0.2) is 0 Å². The first-order chi connectivity index (χ1) is 9.50. The van der Waals surface area contributed by atoms with Crippen LogP contribution >= 0.6 is 0 Å². The lowest BCUT2D eigenvalue weighted by Gasteiger charge is -2.53. The van der Waals surface area contributed by atoms with E-state index in [0.717, 1.165) is 38.6 Å². The van der Waals surface area contributed by atoms with E-state index >= 15 is 0 Å². The third-order valence-corrected chi connectivity index (χ3v) is 5.81. The summed E-state index contributed by atoms with van der Waals surface area (Å²) >= 11 is 0. The highest BCUT2D eigenvalue weighted by Crippen LogP contribution is 2.49. The molecule has 112 valence electrons. The first kappa shape index (κ1) is 14.1. The highest BCUT2D eigenvalue weighted by Gasteiger charge is 2.53.